The fraction of sp³-hybridized carbons (Fsp3) is 0.300. The first kappa shape index (κ1) is 17.7. The lowest BCUT2D eigenvalue weighted by molar-refractivity contribution is -0.119. The largest absolute Gasteiger partial charge is 0.497 e. The number of carbonyl (C=O) groups is 2. The van der Waals surface area contributed by atoms with Crippen LogP contribution in [0.3, 0.4) is 0 Å². The molecule has 0 aromatic heterocycles. The minimum atomic E-state index is -0.429. The Kier molecular flexibility index (Phi) is 4.70. The molecular formula is C20H20N2O4S. The third-order valence-electron chi connectivity index (χ3n) is 4.72. The summed E-state index contributed by atoms with van der Waals surface area (Å²) < 4.78 is 10.6. The number of imide groups is 1. The van der Waals surface area contributed by atoms with E-state index in [1.54, 1.807) is 48.0 Å². The third kappa shape index (κ3) is 3.02. The number of carbonyl (C=O) groups excluding carboxylic acids is 2. The molecule has 6 nitrogen and oxygen atoms in total. The SMILES string of the molecule is CCOc1ccc([C@H]2SC[C@H]3C(=O)N(c4ccc(OC)cc4)C(=O)N23)cc1. The highest BCUT2D eigenvalue weighted by atomic mass is 32.2. The van der Waals surface area contributed by atoms with Gasteiger partial charge in [-0.3, -0.25) is 9.69 Å². The molecule has 2 heterocycles. The Morgan fingerprint density at radius 1 is 1.04 bits per heavy atom. The first-order valence-electron chi connectivity index (χ1n) is 8.78. The molecule has 0 spiro atoms. The molecule has 2 aromatic rings. The Hall–Kier alpha value is -2.67. The smallest absolute Gasteiger partial charge is 0.333 e. The molecule has 0 aliphatic carbocycles. The maximum atomic E-state index is 13.1. The predicted octanol–water partition coefficient (Wildman–Crippen LogP) is 3.68. The van der Waals surface area contributed by atoms with E-state index in [9.17, 15) is 9.59 Å². The molecule has 0 radical (unpaired) electrons. The van der Waals surface area contributed by atoms with Crippen molar-refractivity contribution in [2.45, 2.75) is 18.3 Å². The molecule has 140 valence electrons. The Balaban J connectivity index is 1.59. The summed E-state index contributed by atoms with van der Waals surface area (Å²) in [5.41, 5.74) is 1.55. The van der Waals surface area contributed by atoms with E-state index in [1.165, 1.54) is 4.90 Å². The lowest BCUT2D eigenvalue weighted by atomic mass is 10.2. The van der Waals surface area contributed by atoms with Crippen molar-refractivity contribution in [3.05, 3.63) is 54.1 Å². The second-order valence-corrected chi connectivity index (χ2v) is 7.38. The van der Waals surface area contributed by atoms with Crippen LogP contribution in [-0.2, 0) is 4.79 Å². The Morgan fingerprint density at radius 3 is 2.33 bits per heavy atom. The molecule has 7 heteroatoms. The third-order valence-corrected chi connectivity index (χ3v) is 6.05. The average molecular weight is 384 g/mol. The van der Waals surface area contributed by atoms with Crippen LogP contribution in [0.2, 0.25) is 0 Å². The number of thioether (sulfide) groups is 1. The lowest BCUT2D eigenvalue weighted by Crippen LogP contribution is -2.33. The van der Waals surface area contributed by atoms with Crippen molar-refractivity contribution in [2.24, 2.45) is 0 Å². The molecule has 4 rings (SSSR count). The number of hydrogen-bond acceptors (Lipinski definition) is 5. The van der Waals surface area contributed by atoms with Gasteiger partial charge in [0.05, 0.1) is 19.4 Å². The molecule has 0 unspecified atom stereocenters. The van der Waals surface area contributed by atoms with Crippen LogP contribution < -0.4 is 14.4 Å². The van der Waals surface area contributed by atoms with Crippen molar-refractivity contribution >= 4 is 29.4 Å². The van der Waals surface area contributed by atoms with Crippen molar-refractivity contribution in [3.8, 4) is 11.5 Å². The van der Waals surface area contributed by atoms with Gasteiger partial charge in [-0.1, -0.05) is 12.1 Å². The number of amides is 3. The Bertz CT molecular complexity index is 853. The highest BCUT2D eigenvalue weighted by Crippen LogP contribution is 2.46. The van der Waals surface area contributed by atoms with Gasteiger partial charge in [-0.05, 0) is 48.9 Å². The van der Waals surface area contributed by atoms with E-state index in [0.29, 0.717) is 23.8 Å². The van der Waals surface area contributed by atoms with Crippen molar-refractivity contribution in [3.63, 3.8) is 0 Å². The van der Waals surface area contributed by atoms with Crippen molar-refractivity contribution in [2.75, 3.05) is 24.4 Å². The molecule has 2 fully saturated rings. The molecular weight excluding hydrogens is 364 g/mol. The molecule has 3 amide bonds. The number of nitrogens with zero attached hydrogens (tertiary/aromatic N) is 2. The van der Waals surface area contributed by atoms with Crippen molar-refractivity contribution in [1.29, 1.82) is 0 Å². The maximum Gasteiger partial charge on any atom is 0.333 e. The van der Waals surface area contributed by atoms with Gasteiger partial charge in [0.15, 0.2) is 0 Å². The van der Waals surface area contributed by atoms with E-state index >= 15 is 0 Å². The molecule has 2 aromatic carbocycles. The Labute approximate surface area is 162 Å². The van der Waals surface area contributed by atoms with E-state index in [-0.39, 0.29) is 17.3 Å². The quantitative estimate of drug-likeness (QED) is 0.736. The summed E-state index contributed by atoms with van der Waals surface area (Å²) in [7, 11) is 1.58. The van der Waals surface area contributed by atoms with Crippen LogP contribution in [0.25, 0.3) is 0 Å². The van der Waals surface area contributed by atoms with Gasteiger partial charge in [0.2, 0.25) is 0 Å². The van der Waals surface area contributed by atoms with Gasteiger partial charge in [-0.25, -0.2) is 9.69 Å². The van der Waals surface area contributed by atoms with E-state index in [1.807, 2.05) is 31.2 Å². The second-order valence-electron chi connectivity index (χ2n) is 6.27. The number of hydrogen-bond donors (Lipinski definition) is 0. The zero-order valence-corrected chi connectivity index (χ0v) is 15.9. The zero-order chi connectivity index (χ0) is 19.0. The number of fused-ring (bicyclic) bond motifs is 1. The van der Waals surface area contributed by atoms with Crippen LogP contribution in [0, 0.1) is 0 Å². The molecule has 2 aliphatic heterocycles. The summed E-state index contributed by atoms with van der Waals surface area (Å²) in [6.45, 7) is 2.54. The van der Waals surface area contributed by atoms with Gasteiger partial charge in [-0.15, -0.1) is 11.8 Å². The molecule has 2 atom stereocenters. The predicted molar refractivity (Wildman–Crippen MR) is 104 cm³/mol. The van der Waals surface area contributed by atoms with E-state index in [4.69, 9.17) is 9.47 Å². The van der Waals surface area contributed by atoms with Gasteiger partial charge >= 0.3 is 6.03 Å². The normalized spacial score (nSPS) is 21.6. The van der Waals surface area contributed by atoms with Gasteiger partial charge in [0, 0.05) is 5.75 Å². The minimum Gasteiger partial charge on any atom is -0.497 e. The van der Waals surface area contributed by atoms with E-state index < -0.39 is 6.04 Å². The van der Waals surface area contributed by atoms with Crippen LogP contribution in [0.15, 0.2) is 48.5 Å². The first-order valence-corrected chi connectivity index (χ1v) is 9.83. The van der Waals surface area contributed by atoms with Crippen LogP contribution >= 0.6 is 11.8 Å². The zero-order valence-electron chi connectivity index (χ0n) is 15.1. The lowest BCUT2D eigenvalue weighted by Gasteiger charge is -2.23. The van der Waals surface area contributed by atoms with Crippen LogP contribution in [0.4, 0.5) is 10.5 Å². The average Bonchev–Trinajstić information content (AvgIpc) is 3.23. The highest BCUT2D eigenvalue weighted by molar-refractivity contribution is 7.99. The van der Waals surface area contributed by atoms with Gasteiger partial charge in [-0.2, -0.15) is 0 Å². The number of rotatable bonds is 5. The van der Waals surface area contributed by atoms with Gasteiger partial charge in [0.1, 0.15) is 22.9 Å². The molecule has 27 heavy (non-hydrogen) atoms. The highest BCUT2D eigenvalue weighted by Gasteiger charge is 2.53. The van der Waals surface area contributed by atoms with E-state index in [0.717, 1.165) is 11.3 Å². The summed E-state index contributed by atoms with van der Waals surface area (Å²) in [6.07, 6.45) is 0. The van der Waals surface area contributed by atoms with Crippen molar-refractivity contribution < 1.29 is 19.1 Å². The first-order chi connectivity index (χ1) is 13.1. The summed E-state index contributed by atoms with van der Waals surface area (Å²) in [5, 5.41) is -0.176. The number of anilines is 1. The summed E-state index contributed by atoms with van der Waals surface area (Å²) in [5.74, 6) is 1.89. The Morgan fingerprint density at radius 2 is 1.70 bits per heavy atom. The molecule has 2 saturated heterocycles. The van der Waals surface area contributed by atoms with Crippen LogP contribution in [-0.4, -0.2) is 42.3 Å². The number of methoxy groups -OCH3 is 1. The maximum absolute atomic E-state index is 13.1. The molecule has 0 bridgehead atoms. The monoisotopic (exact) mass is 384 g/mol. The minimum absolute atomic E-state index is 0.175. The number of benzene rings is 2. The fourth-order valence-corrected chi connectivity index (χ4v) is 4.83. The second kappa shape index (κ2) is 7.15. The molecule has 0 saturated carbocycles. The van der Waals surface area contributed by atoms with Gasteiger partial charge in [0.25, 0.3) is 5.91 Å². The topological polar surface area (TPSA) is 59.1 Å². The molecule has 2 aliphatic rings. The molecule has 0 N–H and O–H groups in total. The summed E-state index contributed by atoms with van der Waals surface area (Å²) in [4.78, 5) is 28.9. The standard InChI is InChI=1S/C20H20N2O4S/c1-3-26-16-8-4-13(5-9-16)19-22-17(12-27-19)18(23)21(20(22)24)14-6-10-15(25-2)11-7-14/h4-11,17,19H,3,12H2,1-2H3/t17-,19+/m0/s1. The summed E-state index contributed by atoms with van der Waals surface area (Å²) >= 11 is 1.61. The summed E-state index contributed by atoms with van der Waals surface area (Å²) in [6, 6.07) is 14.0. The number of urea groups is 1. The van der Waals surface area contributed by atoms with E-state index in [2.05, 4.69) is 0 Å². The van der Waals surface area contributed by atoms with Crippen molar-refractivity contribution in [1.82, 2.24) is 4.90 Å². The van der Waals surface area contributed by atoms with Gasteiger partial charge < -0.3 is 9.47 Å². The van der Waals surface area contributed by atoms with Crippen LogP contribution in [0.5, 0.6) is 11.5 Å². The number of ether oxygens (including phenoxy) is 2. The fourth-order valence-electron chi connectivity index (χ4n) is 3.41. The van der Waals surface area contributed by atoms with Crippen LogP contribution in [0.1, 0.15) is 17.9 Å².